The largest absolute Gasteiger partial charge is 0.508 e. The van der Waals surface area contributed by atoms with Gasteiger partial charge in [-0.05, 0) is 30.7 Å². The van der Waals surface area contributed by atoms with Crippen molar-refractivity contribution in [2.24, 2.45) is 9.98 Å². The fourth-order valence-corrected chi connectivity index (χ4v) is 2.07. The molecular formula is C14H13N3O4. The van der Waals surface area contributed by atoms with E-state index < -0.39 is 12.5 Å². The lowest BCUT2D eigenvalue weighted by molar-refractivity contribution is -0.115. The molecule has 1 amide bonds. The van der Waals surface area contributed by atoms with E-state index in [0.717, 1.165) is 5.56 Å². The molecule has 21 heavy (non-hydrogen) atoms. The first-order valence-corrected chi connectivity index (χ1v) is 6.35. The number of phenolic OH excluding ortho intramolecular Hbond substituents is 1. The number of ether oxygens (including phenoxy) is 1. The molecule has 2 aliphatic heterocycles. The van der Waals surface area contributed by atoms with Crippen LogP contribution in [0.1, 0.15) is 12.5 Å². The van der Waals surface area contributed by atoms with Gasteiger partial charge in [0.2, 0.25) is 0 Å². The highest BCUT2D eigenvalue weighted by Gasteiger charge is 2.32. The van der Waals surface area contributed by atoms with Crippen LogP contribution in [0.4, 0.5) is 0 Å². The van der Waals surface area contributed by atoms with E-state index in [1.54, 1.807) is 25.1 Å². The maximum Gasteiger partial charge on any atom is 0.275 e. The van der Waals surface area contributed by atoms with Crippen molar-refractivity contribution in [2.75, 3.05) is 0 Å². The number of carbonyl (C=O) groups excluding carboxylic acids is 1. The van der Waals surface area contributed by atoms with Gasteiger partial charge in [0.05, 0.1) is 0 Å². The second kappa shape index (κ2) is 5.12. The average Bonchev–Trinajstić information content (AvgIpc) is 2.95. The normalized spacial score (nSPS) is 26.8. The molecule has 3 N–H and O–H groups in total. The molecule has 7 heteroatoms. The van der Waals surface area contributed by atoms with Crippen LogP contribution in [0.25, 0.3) is 6.08 Å². The summed E-state index contributed by atoms with van der Waals surface area (Å²) in [5.74, 6) is 0.0842. The molecule has 2 atom stereocenters. The van der Waals surface area contributed by atoms with Crippen LogP contribution in [0.5, 0.6) is 5.75 Å². The van der Waals surface area contributed by atoms with E-state index in [-0.39, 0.29) is 23.2 Å². The Morgan fingerprint density at radius 2 is 2.05 bits per heavy atom. The molecule has 0 spiro atoms. The number of aliphatic hydroxyl groups excluding tert-OH is 1. The summed E-state index contributed by atoms with van der Waals surface area (Å²) >= 11 is 0. The Morgan fingerprint density at radius 1 is 1.33 bits per heavy atom. The first-order chi connectivity index (χ1) is 10.0. The molecule has 0 aromatic heterocycles. The van der Waals surface area contributed by atoms with E-state index in [0.29, 0.717) is 5.71 Å². The van der Waals surface area contributed by atoms with Crippen molar-refractivity contribution in [1.29, 1.82) is 0 Å². The highest BCUT2D eigenvalue weighted by atomic mass is 16.6. The second-order valence-electron chi connectivity index (χ2n) is 4.65. The third-order valence-electron chi connectivity index (χ3n) is 3.10. The summed E-state index contributed by atoms with van der Waals surface area (Å²) in [6, 6.07) is 6.39. The maximum atomic E-state index is 11.9. The number of nitrogens with zero attached hydrogens (tertiary/aromatic N) is 2. The summed E-state index contributed by atoms with van der Waals surface area (Å²) in [6.45, 7) is 1.71. The number of hydrogen-bond acceptors (Lipinski definition) is 6. The van der Waals surface area contributed by atoms with Gasteiger partial charge in [0, 0.05) is 0 Å². The first-order valence-electron chi connectivity index (χ1n) is 6.35. The number of benzene rings is 1. The lowest BCUT2D eigenvalue weighted by Crippen LogP contribution is -2.35. The van der Waals surface area contributed by atoms with Crippen molar-refractivity contribution in [3.05, 3.63) is 35.5 Å². The Kier molecular flexibility index (Phi) is 3.28. The zero-order valence-corrected chi connectivity index (χ0v) is 11.1. The van der Waals surface area contributed by atoms with Crippen LogP contribution in [0.2, 0.25) is 0 Å². The monoisotopic (exact) mass is 287 g/mol. The van der Waals surface area contributed by atoms with Crippen LogP contribution in [0, 0.1) is 0 Å². The van der Waals surface area contributed by atoms with Crippen LogP contribution in [-0.4, -0.2) is 40.2 Å². The Balaban J connectivity index is 1.89. The van der Waals surface area contributed by atoms with E-state index in [1.165, 1.54) is 12.1 Å². The highest BCUT2D eigenvalue weighted by molar-refractivity contribution is 6.48. The van der Waals surface area contributed by atoms with Crippen molar-refractivity contribution >= 4 is 23.5 Å². The van der Waals surface area contributed by atoms with Gasteiger partial charge < -0.3 is 20.3 Å². The summed E-state index contributed by atoms with van der Waals surface area (Å²) in [6.07, 6.45) is -0.0639. The standard InChI is InChI=1S/C14H13N3O4/c1-7-11(16-14(20)21-7)12-15-10(13(19)17-12)6-8-2-4-9(18)5-3-8/h2-7,14,18,20H,1H3,(H,15,17,19)/b10-6-/t7-,14+/m1/s1. The van der Waals surface area contributed by atoms with Crippen molar-refractivity contribution in [1.82, 2.24) is 5.32 Å². The van der Waals surface area contributed by atoms with E-state index in [4.69, 9.17) is 4.74 Å². The number of nitrogens with one attached hydrogen (secondary N) is 1. The molecule has 2 heterocycles. The van der Waals surface area contributed by atoms with Gasteiger partial charge in [-0.2, -0.15) is 0 Å². The minimum Gasteiger partial charge on any atom is -0.508 e. The summed E-state index contributed by atoms with van der Waals surface area (Å²) in [7, 11) is 0. The second-order valence-corrected chi connectivity index (χ2v) is 4.65. The van der Waals surface area contributed by atoms with Gasteiger partial charge in [-0.1, -0.05) is 12.1 Å². The van der Waals surface area contributed by atoms with Crippen molar-refractivity contribution < 1.29 is 19.7 Å². The number of hydrogen-bond donors (Lipinski definition) is 3. The Bertz CT molecular complexity index is 676. The zero-order valence-electron chi connectivity index (χ0n) is 11.1. The molecule has 0 aliphatic carbocycles. The Morgan fingerprint density at radius 3 is 2.67 bits per heavy atom. The molecule has 0 bridgehead atoms. The summed E-state index contributed by atoms with van der Waals surface area (Å²) in [5.41, 5.74) is 1.37. The van der Waals surface area contributed by atoms with E-state index in [2.05, 4.69) is 15.3 Å². The lowest BCUT2D eigenvalue weighted by Gasteiger charge is -2.05. The van der Waals surface area contributed by atoms with Crippen molar-refractivity contribution in [3.8, 4) is 5.75 Å². The Hall–Kier alpha value is -2.51. The summed E-state index contributed by atoms with van der Waals surface area (Å²) < 4.78 is 5.06. The number of rotatable bonds is 2. The SMILES string of the molecule is C[C@H]1O[C@H](O)N=C1C1=N/C(=C\c2ccc(O)cc2)C(=O)N1. The lowest BCUT2D eigenvalue weighted by atomic mass is 10.2. The molecule has 0 saturated heterocycles. The molecule has 3 rings (SSSR count). The molecular weight excluding hydrogens is 274 g/mol. The maximum absolute atomic E-state index is 11.9. The van der Waals surface area contributed by atoms with Gasteiger partial charge in [0.25, 0.3) is 12.3 Å². The summed E-state index contributed by atoms with van der Waals surface area (Å²) in [5, 5.41) is 21.1. The molecule has 7 nitrogen and oxygen atoms in total. The van der Waals surface area contributed by atoms with Gasteiger partial charge in [0.1, 0.15) is 23.3 Å². The molecule has 1 aromatic rings. The van der Waals surface area contributed by atoms with Gasteiger partial charge in [0.15, 0.2) is 5.84 Å². The first kappa shape index (κ1) is 13.5. The molecule has 1 aromatic carbocycles. The van der Waals surface area contributed by atoms with Gasteiger partial charge in [-0.25, -0.2) is 9.98 Å². The van der Waals surface area contributed by atoms with Crippen LogP contribution < -0.4 is 5.32 Å². The van der Waals surface area contributed by atoms with Crippen molar-refractivity contribution in [3.63, 3.8) is 0 Å². The third-order valence-corrected chi connectivity index (χ3v) is 3.10. The number of amidine groups is 1. The number of aliphatic imine (C=N–C) groups is 2. The van der Waals surface area contributed by atoms with Crippen LogP contribution in [-0.2, 0) is 9.53 Å². The fraction of sp³-hybridized carbons (Fsp3) is 0.214. The van der Waals surface area contributed by atoms with E-state index in [1.807, 2.05) is 0 Å². The zero-order chi connectivity index (χ0) is 15.0. The molecule has 0 unspecified atom stereocenters. The molecule has 0 saturated carbocycles. The molecule has 0 fully saturated rings. The predicted molar refractivity (Wildman–Crippen MR) is 75.7 cm³/mol. The molecule has 0 radical (unpaired) electrons. The Labute approximate surface area is 120 Å². The van der Waals surface area contributed by atoms with Crippen LogP contribution >= 0.6 is 0 Å². The van der Waals surface area contributed by atoms with Gasteiger partial charge >= 0.3 is 0 Å². The number of aliphatic hydroxyl groups is 1. The van der Waals surface area contributed by atoms with Crippen LogP contribution in [0.15, 0.2) is 39.9 Å². The number of amides is 1. The molecule has 108 valence electrons. The smallest absolute Gasteiger partial charge is 0.275 e. The van der Waals surface area contributed by atoms with Gasteiger partial charge in [-0.3, -0.25) is 4.79 Å². The number of phenols is 1. The third kappa shape index (κ3) is 2.69. The van der Waals surface area contributed by atoms with E-state index in [9.17, 15) is 15.0 Å². The minimum absolute atomic E-state index is 0.150. The topological polar surface area (TPSA) is 104 Å². The predicted octanol–water partition coefficient (Wildman–Crippen LogP) is 0.397. The number of aromatic hydroxyl groups is 1. The van der Waals surface area contributed by atoms with E-state index >= 15 is 0 Å². The average molecular weight is 287 g/mol. The summed E-state index contributed by atoms with van der Waals surface area (Å²) in [4.78, 5) is 20.0. The number of carbonyl (C=O) groups is 1. The molecule has 2 aliphatic rings. The van der Waals surface area contributed by atoms with Crippen molar-refractivity contribution in [2.45, 2.75) is 19.4 Å². The van der Waals surface area contributed by atoms with Gasteiger partial charge in [-0.15, -0.1) is 0 Å². The minimum atomic E-state index is -1.22. The quantitative estimate of drug-likeness (QED) is 0.685. The fourth-order valence-electron chi connectivity index (χ4n) is 2.07. The van der Waals surface area contributed by atoms with Crippen LogP contribution in [0.3, 0.4) is 0 Å². The highest BCUT2D eigenvalue weighted by Crippen LogP contribution is 2.18.